The number of alkyl halides is 6. The van der Waals surface area contributed by atoms with Gasteiger partial charge in [0.15, 0.2) is 0 Å². The van der Waals surface area contributed by atoms with Crippen LogP contribution in [-0.2, 0) is 54.2 Å². The molecule has 4 rings (SSSR count). The topological polar surface area (TPSA) is 239 Å². The summed E-state index contributed by atoms with van der Waals surface area (Å²) in [6, 6.07) is 6.65. The number of benzene rings is 4. The number of hydrogen-bond donors (Lipinski definition) is 4. The third-order valence-corrected chi connectivity index (χ3v) is 12.5. The summed E-state index contributed by atoms with van der Waals surface area (Å²) in [6.07, 6.45) is -12.7. The molecule has 0 aliphatic rings. The Morgan fingerprint density at radius 3 is 1.57 bits per heavy atom. The average Bonchev–Trinajstić information content (AvgIpc) is 3.09. The molecule has 0 saturated heterocycles. The lowest BCUT2D eigenvalue weighted by Gasteiger charge is -2.38. The second-order valence-corrected chi connectivity index (χ2v) is 17.0. The van der Waals surface area contributed by atoms with E-state index in [0.29, 0.717) is 41.9 Å². The zero-order chi connectivity index (χ0) is 42.1. The maximum atomic E-state index is 15.0. The van der Waals surface area contributed by atoms with Crippen molar-refractivity contribution in [3.63, 3.8) is 0 Å². The van der Waals surface area contributed by atoms with Crippen molar-refractivity contribution >= 4 is 54.2 Å². The van der Waals surface area contributed by atoms with Gasteiger partial charge in [-0.2, -0.15) is 43.2 Å². The van der Waals surface area contributed by atoms with Crippen molar-refractivity contribution in [1.29, 1.82) is 0 Å². The summed E-state index contributed by atoms with van der Waals surface area (Å²) < 4.78 is 204. The van der Waals surface area contributed by atoms with E-state index in [1.807, 2.05) is 0 Å². The van der Waals surface area contributed by atoms with E-state index >= 15 is 0 Å². The van der Waals surface area contributed by atoms with Crippen molar-refractivity contribution in [2.75, 3.05) is 7.11 Å². The fourth-order valence-electron chi connectivity index (χ4n) is 5.12. The van der Waals surface area contributed by atoms with Gasteiger partial charge in [-0.15, -0.1) is 8.67 Å². The predicted octanol–water partition coefficient (Wildman–Crippen LogP) is 7.39. The standard InChI is InChI=1S/C29H22F6O16S5/c1-15-3-6-18(13-23(15)52-50-48-36)54(38,39)19-7-10-22(26(14-19)56(43,44)45)47-20-8-4-16(11-24(20)53-51-49-37)27(28(30,31)32,29(33,34)35)17-5-9-21(46-2)25(12-17)55(40,41)42/h3-14,36-37H,1-2H3,(H,40,41,42)(H,43,44,45). The van der Waals surface area contributed by atoms with Gasteiger partial charge in [0.05, 0.1) is 45.9 Å². The van der Waals surface area contributed by atoms with E-state index in [1.54, 1.807) is 0 Å². The molecule has 0 heterocycles. The summed E-state index contributed by atoms with van der Waals surface area (Å²) in [7, 11) is -14.7. The Labute approximate surface area is 320 Å². The molecular weight excluding hydrogens is 879 g/mol. The highest BCUT2D eigenvalue weighted by molar-refractivity contribution is 7.95. The van der Waals surface area contributed by atoms with Gasteiger partial charge in [0, 0.05) is 4.90 Å². The first-order chi connectivity index (χ1) is 25.8. The molecule has 306 valence electrons. The van der Waals surface area contributed by atoms with Crippen LogP contribution in [0.4, 0.5) is 26.3 Å². The lowest BCUT2D eigenvalue weighted by molar-refractivity contribution is -0.432. The van der Waals surface area contributed by atoms with Gasteiger partial charge < -0.3 is 9.47 Å². The van der Waals surface area contributed by atoms with Crippen molar-refractivity contribution in [1.82, 2.24) is 0 Å². The second kappa shape index (κ2) is 16.6. The third-order valence-electron chi connectivity index (χ3n) is 7.60. The zero-order valence-electron chi connectivity index (χ0n) is 27.4. The fourth-order valence-corrected chi connectivity index (χ4v) is 8.85. The highest BCUT2D eigenvalue weighted by atomic mass is 32.2. The zero-order valence-corrected chi connectivity index (χ0v) is 31.5. The molecule has 0 fully saturated rings. The summed E-state index contributed by atoms with van der Waals surface area (Å²) in [5.41, 5.74) is -8.14. The fraction of sp³-hybridized carbons (Fsp3) is 0.172. The van der Waals surface area contributed by atoms with Crippen LogP contribution in [0.2, 0.25) is 0 Å². The van der Waals surface area contributed by atoms with Gasteiger partial charge in [-0.3, -0.25) is 9.11 Å². The molecule has 0 saturated carbocycles. The lowest BCUT2D eigenvalue weighted by atomic mass is 9.73. The van der Waals surface area contributed by atoms with Crippen LogP contribution in [0.25, 0.3) is 0 Å². The Morgan fingerprint density at radius 1 is 0.589 bits per heavy atom. The largest absolute Gasteiger partial charge is 0.495 e. The highest BCUT2D eigenvalue weighted by Gasteiger charge is 2.72. The van der Waals surface area contributed by atoms with Crippen LogP contribution in [0.5, 0.6) is 17.2 Å². The van der Waals surface area contributed by atoms with Crippen molar-refractivity contribution in [3.8, 4) is 17.2 Å². The first-order valence-corrected chi connectivity index (χ1v) is 20.1. The maximum Gasteiger partial charge on any atom is 0.411 e. The number of methoxy groups -OCH3 is 1. The van der Waals surface area contributed by atoms with Gasteiger partial charge in [0.25, 0.3) is 20.2 Å². The van der Waals surface area contributed by atoms with Gasteiger partial charge in [-0.25, -0.2) is 18.9 Å². The Balaban J connectivity index is 1.93. The van der Waals surface area contributed by atoms with Crippen LogP contribution in [0.1, 0.15) is 16.7 Å². The van der Waals surface area contributed by atoms with E-state index in [-0.39, 0.29) is 41.2 Å². The van der Waals surface area contributed by atoms with Gasteiger partial charge in [0.2, 0.25) is 15.3 Å². The number of aryl methyl sites for hydroxylation is 1. The number of rotatable bonds is 15. The molecule has 4 aromatic carbocycles. The maximum absolute atomic E-state index is 15.0. The SMILES string of the molecule is COc1ccc(C(c2ccc(Oc3ccc(S(=O)(=O)c4ccc(C)c(SOOO)c4)cc3S(=O)(=O)O)c(SOOO)c2)(C(F)(F)F)C(F)(F)F)cc1S(=O)(=O)O. The first kappa shape index (κ1) is 45.0. The van der Waals surface area contributed by atoms with Crippen molar-refractivity contribution in [3.05, 3.63) is 89.5 Å². The summed E-state index contributed by atoms with van der Waals surface area (Å²) in [6.45, 7) is 1.53. The number of sulfone groups is 1. The molecular formula is C29H22F6O16S5. The quantitative estimate of drug-likeness (QED) is 0.0299. The molecule has 56 heavy (non-hydrogen) atoms. The van der Waals surface area contributed by atoms with Crippen molar-refractivity contribution < 1.29 is 99.4 Å². The Bertz CT molecular complexity index is 2430. The molecule has 0 aliphatic carbocycles. The molecule has 0 amide bonds. The molecule has 0 unspecified atom stereocenters. The van der Waals surface area contributed by atoms with E-state index < -0.39 is 101 Å². The normalized spacial score (nSPS) is 13.1. The minimum atomic E-state index is -6.34. The molecule has 4 N–H and O–H groups in total. The first-order valence-electron chi connectivity index (χ1n) is 14.2. The smallest absolute Gasteiger partial charge is 0.411 e. The van der Waals surface area contributed by atoms with Crippen LogP contribution < -0.4 is 9.47 Å². The third kappa shape index (κ3) is 9.03. The van der Waals surface area contributed by atoms with E-state index in [2.05, 4.69) is 23.5 Å². The van der Waals surface area contributed by atoms with Gasteiger partial charge in [0.1, 0.15) is 27.0 Å². The molecule has 27 heteroatoms. The van der Waals surface area contributed by atoms with Crippen LogP contribution in [0.3, 0.4) is 0 Å². The summed E-state index contributed by atoms with van der Waals surface area (Å²) in [4.78, 5) is -4.78. The van der Waals surface area contributed by atoms with Crippen molar-refractivity contribution in [2.24, 2.45) is 0 Å². The number of halogens is 6. The van der Waals surface area contributed by atoms with Crippen LogP contribution in [-0.4, -0.2) is 64.3 Å². The molecule has 0 spiro atoms. The predicted molar refractivity (Wildman–Crippen MR) is 176 cm³/mol. The molecule has 0 aromatic heterocycles. The molecule has 16 nitrogen and oxygen atoms in total. The minimum Gasteiger partial charge on any atom is -0.495 e. The van der Waals surface area contributed by atoms with Crippen LogP contribution >= 0.6 is 24.1 Å². The molecule has 0 atom stereocenters. The molecule has 0 radical (unpaired) electrons. The van der Waals surface area contributed by atoms with Crippen LogP contribution in [0, 0.1) is 6.92 Å². The van der Waals surface area contributed by atoms with E-state index in [9.17, 15) is 60.7 Å². The Kier molecular flexibility index (Phi) is 13.4. The van der Waals surface area contributed by atoms with E-state index in [1.165, 1.54) is 13.0 Å². The second-order valence-electron chi connectivity index (χ2n) is 10.8. The van der Waals surface area contributed by atoms with E-state index in [0.717, 1.165) is 25.3 Å². The van der Waals surface area contributed by atoms with Gasteiger partial charge in [-0.05, 0) is 78.2 Å². The Morgan fingerprint density at radius 2 is 1.05 bits per heavy atom. The summed E-state index contributed by atoms with van der Waals surface area (Å²) in [5, 5.41) is 24.1. The molecule has 0 bridgehead atoms. The Hall–Kier alpha value is -3.71. The highest BCUT2D eigenvalue weighted by Crippen LogP contribution is 2.57. The summed E-state index contributed by atoms with van der Waals surface area (Å²) in [5.74, 6) is -2.60. The average molecular weight is 901 g/mol. The number of hydrogen-bond acceptors (Lipinski definition) is 16. The minimum absolute atomic E-state index is 0.110. The van der Waals surface area contributed by atoms with Crippen LogP contribution in [0.15, 0.2) is 102 Å². The summed E-state index contributed by atoms with van der Waals surface area (Å²) >= 11 is 0.124. The molecule has 4 aromatic rings. The van der Waals surface area contributed by atoms with Gasteiger partial charge in [-0.1, -0.05) is 28.3 Å². The van der Waals surface area contributed by atoms with Gasteiger partial charge >= 0.3 is 12.4 Å². The monoisotopic (exact) mass is 900 g/mol. The lowest BCUT2D eigenvalue weighted by Crippen LogP contribution is -2.54. The van der Waals surface area contributed by atoms with E-state index in [4.69, 9.17) is 15.3 Å². The molecule has 0 aliphatic heterocycles. The number of ether oxygens (including phenoxy) is 2. The van der Waals surface area contributed by atoms with Crippen molar-refractivity contribution in [2.45, 2.75) is 54.1 Å².